The molecule has 1 saturated carbocycles. The van der Waals surface area contributed by atoms with E-state index in [1.54, 1.807) is 12.1 Å². The zero-order chi connectivity index (χ0) is 28.4. The molecule has 0 spiro atoms. The van der Waals surface area contributed by atoms with Gasteiger partial charge >= 0.3 is 12.1 Å². The van der Waals surface area contributed by atoms with Crippen molar-refractivity contribution in [2.24, 2.45) is 5.92 Å². The highest BCUT2D eigenvalue weighted by Crippen LogP contribution is 2.52. The summed E-state index contributed by atoms with van der Waals surface area (Å²) in [6.45, 7) is 0.337. The number of halogens is 6. The lowest BCUT2D eigenvalue weighted by Gasteiger charge is -2.35. The monoisotopic (exact) mass is 555 g/mol. The quantitative estimate of drug-likeness (QED) is 0.485. The zero-order valence-electron chi connectivity index (χ0n) is 21.0. The Bertz CT molecular complexity index is 1290. The van der Waals surface area contributed by atoms with Crippen molar-refractivity contribution >= 4 is 11.9 Å². The summed E-state index contributed by atoms with van der Waals surface area (Å²) in [5.41, 5.74) is -6.37. The molecule has 2 aromatic carbocycles. The maximum atomic E-state index is 15.8. The SMILES string of the molecule is CC(F)(c1ccc2c(c1)OC1CN(C(=O)C3(F)CCC(C(=O)O)CC3)CC21Cc1ccc(F)cc1)C(F)(F)F. The molecule has 1 amide bonds. The van der Waals surface area contributed by atoms with Gasteiger partial charge in [-0.15, -0.1) is 0 Å². The number of carboxylic acids is 1. The third-order valence-corrected chi connectivity index (χ3v) is 8.57. The highest BCUT2D eigenvalue weighted by Gasteiger charge is 2.59. The number of ether oxygens (including phenoxy) is 1. The van der Waals surface area contributed by atoms with Crippen LogP contribution in [0.25, 0.3) is 0 Å². The largest absolute Gasteiger partial charge is 0.487 e. The fourth-order valence-electron chi connectivity index (χ4n) is 6.14. The Hall–Kier alpha value is -3.24. The van der Waals surface area contributed by atoms with Crippen molar-refractivity contribution in [2.75, 3.05) is 13.1 Å². The molecule has 2 fully saturated rings. The molecular formula is C28H27F6NO4. The molecule has 0 bridgehead atoms. The van der Waals surface area contributed by atoms with Crippen LogP contribution in [0.2, 0.25) is 0 Å². The molecule has 1 saturated heterocycles. The first kappa shape index (κ1) is 27.3. The van der Waals surface area contributed by atoms with E-state index in [1.807, 2.05) is 0 Å². The average molecular weight is 556 g/mol. The summed E-state index contributed by atoms with van der Waals surface area (Å²) in [6.07, 6.45) is -6.13. The topological polar surface area (TPSA) is 66.8 Å². The number of carbonyl (C=O) groups excluding carboxylic acids is 1. The van der Waals surface area contributed by atoms with Gasteiger partial charge in [0.1, 0.15) is 17.7 Å². The Morgan fingerprint density at radius 1 is 1.08 bits per heavy atom. The number of hydrogen-bond acceptors (Lipinski definition) is 3. The molecule has 2 aromatic rings. The molecule has 3 aliphatic rings. The number of rotatable bonds is 5. The van der Waals surface area contributed by atoms with Gasteiger partial charge in [0.2, 0.25) is 5.67 Å². The lowest BCUT2D eigenvalue weighted by molar-refractivity contribution is -0.228. The number of fused-ring (bicyclic) bond motifs is 3. The summed E-state index contributed by atoms with van der Waals surface area (Å²) in [5, 5.41) is 9.22. The van der Waals surface area contributed by atoms with E-state index >= 15 is 4.39 Å². The number of carbonyl (C=O) groups is 2. The average Bonchev–Trinajstić information content (AvgIpc) is 3.36. The highest BCUT2D eigenvalue weighted by molar-refractivity contribution is 5.86. The third kappa shape index (κ3) is 4.53. The van der Waals surface area contributed by atoms with Gasteiger partial charge in [-0.1, -0.05) is 24.3 Å². The van der Waals surface area contributed by atoms with Crippen molar-refractivity contribution in [2.45, 2.75) is 68.1 Å². The fraction of sp³-hybridized carbons (Fsp3) is 0.500. The number of alkyl halides is 5. The molecule has 11 heteroatoms. The van der Waals surface area contributed by atoms with Crippen LogP contribution >= 0.6 is 0 Å². The highest BCUT2D eigenvalue weighted by atomic mass is 19.4. The lowest BCUT2D eigenvalue weighted by atomic mass is 9.74. The Balaban J connectivity index is 1.48. The van der Waals surface area contributed by atoms with Crippen molar-refractivity contribution in [3.05, 3.63) is 65.0 Å². The molecule has 39 heavy (non-hydrogen) atoms. The maximum absolute atomic E-state index is 15.8. The molecule has 210 valence electrons. The van der Waals surface area contributed by atoms with E-state index in [0.29, 0.717) is 18.1 Å². The molecule has 1 aliphatic carbocycles. The molecular weight excluding hydrogens is 528 g/mol. The predicted molar refractivity (Wildman–Crippen MR) is 127 cm³/mol. The first-order valence-corrected chi connectivity index (χ1v) is 12.7. The number of amides is 1. The van der Waals surface area contributed by atoms with Crippen molar-refractivity contribution in [1.29, 1.82) is 0 Å². The van der Waals surface area contributed by atoms with Crippen LogP contribution in [0.3, 0.4) is 0 Å². The van der Waals surface area contributed by atoms with Crippen molar-refractivity contribution < 1.29 is 45.8 Å². The minimum Gasteiger partial charge on any atom is -0.487 e. The van der Waals surface area contributed by atoms with Crippen LogP contribution in [0.1, 0.15) is 49.3 Å². The van der Waals surface area contributed by atoms with E-state index in [2.05, 4.69) is 0 Å². The van der Waals surface area contributed by atoms with E-state index in [1.165, 1.54) is 23.1 Å². The Labute approximate surface area is 220 Å². The lowest BCUT2D eigenvalue weighted by Crippen LogP contribution is -2.49. The molecule has 1 N–H and O–H groups in total. The van der Waals surface area contributed by atoms with Crippen LogP contribution in [-0.4, -0.2) is 52.9 Å². The summed E-state index contributed by atoms with van der Waals surface area (Å²) in [5.74, 6) is -2.94. The molecule has 3 atom stereocenters. The Morgan fingerprint density at radius 2 is 1.72 bits per heavy atom. The van der Waals surface area contributed by atoms with Crippen molar-refractivity contribution in [1.82, 2.24) is 4.90 Å². The van der Waals surface area contributed by atoms with E-state index in [4.69, 9.17) is 4.74 Å². The van der Waals surface area contributed by atoms with Crippen molar-refractivity contribution in [3.63, 3.8) is 0 Å². The van der Waals surface area contributed by atoms with Gasteiger partial charge in [-0.25, -0.2) is 13.2 Å². The molecule has 3 unspecified atom stereocenters. The summed E-state index contributed by atoms with van der Waals surface area (Å²) < 4.78 is 90.2. The van der Waals surface area contributed by atoms with Gasteiger partial charge in [-0.05, 0) is 62.8 Å². The number of benzene rings is 2. The van der Waals surface area contributed by atoms with Crippen molar-refractivity contribution in [3.8, 4) is 5.75 Å². The van der Waals surface area contributed by atoms with Gasteiger partial charge in [-0.2, -0.15) is 13.2 Å². The summed E-state index contributed by atoms with van der Waals surface area (Å²) >= 11 is 0. The third-order valence-electron chi connectivity index (χ3n) is 8.57. The molecule has 5 rings (SSSR count). The second-order valence-electron chi connectivity index (χ2n) is 11.0. The Kier molecular flexibility index (Phi) is 6.42. The number of nitrogens with zero attached hydrogens (tertiary/aromatic N) is 1. The predicted octanol–water partition coefficient (Wildman–Crippen LogP) is 5.64. The van der Waals surface area contributed by atoms with E-state index in [9.17, 15) is 36.6 Å². The van der Waals surface area contributed by atoms with Gasteiger partial charge < -0.3 is 14.7 Å². The minimum absolute atomic E-state index is 0.0267. The van der Waals surface area contributed by atoms with E-state index in [0.717, 1.165) is 12.1 Å². The summed E-state index contributed by atoms with van der Waals surface area (Å²) in [7, 11) is 0. The van der Waals surface area contributed by atoms with Crippen LogP contribution in [0.4, 0.5) is 26.3 Å². The molecule has 0 aromatic heterocycles. The van der Waals surface area contributed by atoms with Gasteiger partial charge in [-0.3, -0.25) is 9.59 Å². The van der Waals surface area contributed by atoms with Crippen LogP contribution in [-0.2, 0) is 27.1 Å². The normalized spacial score (nSPS) is 29.8. The maximum Gasteiger partial charge on any atom is 0.426 e. The first-order valence-electron chi connectivity index (χ1n) is 12.7. The van der Waals surface area contributed by atoms with Crippen LogP contribution in [0.15, 0.2) is 42.5 Å². The smallest absolute Gasteiger partial charge is 0.426 e. The summed E-state index contributed by atoms with van der Waals surface area (Å²) in [4.78, 5) is 26.0. The number of carboxylic acid groups (broad SMARTS) is 1. The number of hydrogen-bond donors (Lipinski definition) is 1. The second-order valence-corrected chi connectivity index (χ2v) is 11.0. The minimum atomic E-state index is -5.15. The zero-order valence-corrected chi connectivity index (χ0v) is 21.0. The van der Waals surface area contributed by atoms with E-state index in [-0.39, 0.29) is 50.9 Å². The molecule has 2 heterocycles. The first-order chi connectivity index (χ1) is 18.2. The van der Waals surface area contributed by atoms with E-state index < -0.39 is 58.2 Å². The number of aliphatic carboxylic acids is 1. The van der Waals surface area contributed by atoms with Crippen LogP contribution in [0, 0.1) is 11.7 Å². The van der Waals surface area contributed by atoms with Gasteiger partial charge in [0.05, 0.1) is 17.9 Å². The fourth-order valence-corrected chi connectivity index (χ4v) is 6.14. The number of likely N-dealkylation sites (tertiary alicyclic amines) is 1. The summed E-state index contributed by atoms with van der Waals surface area (Å²) in [6, 6.07) is 9.02. The standard InChI is InChI=1S/C28H27F6NO4/c1-25(30,28(32,33)34)18-4-7-20-21(12-18)39-22-14-35(15-26(20,22)13-16-2-5-19(29)6-3-16)24(38)27(31)10-8-17(9-11-27)23(36)37/h2-7,12,17,22H,8-11,13-15H2,1H3,(H,36,37). The molecule has 0 radical (unpaired) electrons. The molecule has 5 nitrogen and oxygen atoms in total. The second kappa shape index (κ2) is 9.16. The van der Waals surface area contributed by atoms with Crippen LogP contribution < -0.4 is 4.74 Å². The van der Waals surface area contributed by atoms with Crippen LogP contribution in [0.5, 0.6) is 5.75 Å². The molecule has 2 aliphatic heterocycles. The van der Waals surface area contributed by atoms with Gasteiger partial charge in [0.25, 0.3) is 5.91 Å². The Morgan fingerprint density at radius 3 is 2.31 bits per heavy atom. The van der Waals surface area contributed by atoms with Gasteiger partial charge in [0.15, 0.2) is 5.67 Å². The van der Waals surface area contributed by atoms with Gasteiger partial charge in [0, 0.05) is 17.7 Å².